The summed E-state index contributed by atoms with van der Waals surface area (Å²) in [6.07, 6.45) is 4.52. The van der Waals surface area contributed by atoms with Crippen LogP contribution < -0.4 is 0 Å². The third-order valence-electron chi connectivity index (χ3n) is 3.50. The highest BCUT2D eigenvalue weighted by Gasteiger charge is 2.21. The summed E-state index contributed by atoms with van der Waals surface area (Å²) in [7, 11) is 1.84. The second-order valence-corrected chi connectivity index (χ2v) is 6.65. The molecule has 0 aliphatic heterocycles. The normalized spacial score (nSPS) is 14.0. The largest absolute Gasteiger partial charge is 0.480 e. The molecule has 0 spiro atoms. The molecule has 0 fully saturated rings. The van der Waals surface area contributed by atoms with Crippen molar-refractivity contribution in [1.29, 1.82) is 0 Å². The van der Waals surface area contributed by atoms with Gasteiger partial charge in [-0.15, -0.1) is 0 Å². The summed E-state index contributed by atoms with van der Waals surface area (Å²) < 4.78 is 0. The van der Waals surface area contributed by atoms with Crippen LogP contribution in [0.4, 0.5) is 0 Å². The van der Waals surface area contributed by atoms with Gasteiger partial charge in [-0.3, -0.25) is 14.8 Å². The van der Waals surface area contributed by atoms with Crippen molar-refractivity contribution in [3.05, 3.63) is 29.1 Å². The second-order valence-electron chi connectivity index (χ2n) is 6.65. The van der Waals surface area contributed by atoms with Crippen molar-refractivity contribution in [2.45, 2.75) is 47.1 Å². The number of carboxylic acid groups (broad SMARTS) is 1. The number of nitrogens with one attached hydrogen (secondary N) is 1. The number of aromatic amines is 1. The van der Waals surface area contributed by atoms with Crippen molar-refractivity contribution in [2.24, 2.45) is 5.41 Å². The van der Waals surface area contributed by atoms with Crippen LogP contribution in [0.3, 0.4) is 0 Å². The van der Waals surface area contributed by atoms with E-state index < -0.39 is 12.0 Å². The second kappa shape index (κ2) is 6.89. The molecule has 0 saturated carbocycles. The van der Waals surface area contributed by atoms with E-state index in [0.29, 0.717) is 6.54 Å². The quantitative estimate of drug-likeness (QED) is 0.791. The minimum Gasteiger partial charge on any atom is -0.480 e. The van der Waals surface area contributed by atoms with Gasteiger partial charge >= 0.3 is 5.97 Å². The monoisotopic (exact) mass is 293 g/mol. The van der Waals surface area contributed by atoms with E-state index in [1.807, 2.05) is 31.9 Å². The molecule has 0 aliphatic rings. The number of likely N-dealkylation sites (N-methyl/N-ethyl adjacent to an activating group) is 1. The summed E-state index contributed by atoms with van der Waals surface area (Å²) >= 11 is 0. The molecule has 0 radical (unpaired) electrons. The van der Waals surface area contributed by atoms with Crippen LogP contribution in [0.15, 0.2) is 12.2 Å². The first kappa shape index (κ1) is 17.4. The van der Waals surface area contributed by atoms with E-state index in [2.05, 4.69) is 31.0 Å². The number of aryl methyl sites for hydroxylation is 2. The molecule has 21 heavy (non-hydrogen) atoms. The van der Waals surface area contributed by atoms with Gasteiger partial charge in [0.2, 0.25) is 0 Å². The number of H-pyrrole nitrogens is 1. The Hall–Kier alpha value is -1.62. The highest BCUT2D eigenvalue weighted by molar-refractivity contribution is 5.75. The molecular formula is C16H27N3O2. The lowest BCUT2D eigenvalue weighted by Gasteiger charge is -2.23. The van der Waals surface area contributed by atoms with Gasteiger partial charge in [0.05, 0.1) is 5.69 Å². The number of nitrogens with zero attached hydrogens (tertiary/aromatic N) is 2. The van der Waals surface area contributed by atoms with Crippen LogP contribution >= 0.6 is 0 Å². The molecule has 0 bridgehead atoms. The Bertz CT molecular complexity index is 493. The van der Waals surface area contributed by atoms with E-state index in [1.165, 1.54) is 5.56 Å². The zero-order valence-corrected chi connectivity index (χ0v) is 13.9. The lowest BCUT2D eigenvalue weighted by atomic mass is 9.95. The van der Waals surface area contributed by atoms with Crippen molar-refractivity contribution in [2.75, 3.05) is 13.6 Å². The molecule has 1 atom stereocenters. The molecule has 0 unspecified atom stereocenters. The maximum atomic E-state index is 11.4. The van der Waals surface area contributed by atoms with Gasteiger partial charge in [0.1, 0.15) is 6.04 Å². The molecule has 5 nitrogen and oxygen atoms in total. The van der Waals surface area contributed by atoms with E-state index in [-0.39, 0.29) is 5.41 Å². The third kappa shape index (κ3) is 5.34. The molecule has 2 N–H and O–H groups in total. The van der Waals surface area contributed by atoms with Crippen molar-refractivity contribution < 1.29 is 9.90 Å². The summed E-state index contributed by atoms with van der Waals surface area (Å²) in [4.78, 5) is 13.3. The fraction of sp³-hybridized carbons (Fsp3) is 0.625. The number of allylic oxidation sites excluding steroid dienone is 1. The summed E-state index contributed by atoms with van der Waals surface area (Å²) in [5.41, 5.74) is 3.19. The SMILES string of the molecule is Cc1n[nH]c(C)c1CCN(C)[C@@H](/C=C/C(C)(C)C)C(=O)O. The smallest absolute Gasteiger partial charge is 0.324 e. The van der Waals surface area contributed by atoms with Gasteiger partial charge in [0.25, 0.3) is 0 Å². The molecule has 1 aromatic heterocycles. The number of aliphatic carboxylic acids is 1. The number of rotatable bonds is 6. The number of carboxylic acids is 1. The molecule has 1 aromatic rings. The fourth-order valence-corrected chi connectivity index (χ4v) is 2.17. The zero-order chi connectivity index (χ0) is 16.2. The van der Waals surface area contributed by atoms with Gasteiger partial charge in [-0.05, 0) is 38.3 Å². The van der Waals surface area contributed by atoms with Crippen LogP contribution in [0, 0.1) is 19.3 Å². The Morgan fingerprint density at radius 2 is 2.05 bits per heavy atom. The predicted octanol–water partition coefficient (Wildman–Crippen LogP) is 2.56. The van der Waals surface area contributed by atoms with Crippen LogP contribution in [-0.2, 0) is 11.2 Å². The Kier molecular flexibility index (Phi) is 5.72. The van der Waals surface area contributed by atoms with E-state index in [0.717, 1.165) is 17.8 Å². The van der Waals surface area contributed by atoms with Gasteiger partial charge in [-0.25, -0.2) is 0 Å². The van der Waals surface area contributed by atoms with Crippen LogP contribution in [0.5, 0.6) is 0 Å². The molecule has 1 heterocycles. The van der Waals surface area contributed by atoms with Gasteiger partial charge in [0.15, 0.2) is 0 Å². The lowest BCUT2D eigenvalue weighted by Crippen LogP contribution is -2.38. The average molecular weight is 293 g/mol. The van der Waals surface area contributed by atoms with Crippen molar-refractivity contribution in [1.82, 2.24) is 15.1 Å². The first-order valence-electron chi connectivity index (χ1n) is 7.24. The standard InChI is InChI=1S/C16H27N3O2/c1-11-13(12(2)18-17-11)8-10-19(6)14(15(20)21)7-9-16(3,4)5/h7,9,14H,8,10H2,1-6H3,(H,17,18)(H,20,21)/b9-7+/t14-/m0/s1. The first-order valence-corrected chi connectivity index (χ1v) is 7.24. The average Bonchev–Trinajstić information content (AvgIpc) is 2.65. The summed E-state index contributed by atoms with van der Waals surface area (Å²) in [5.74, 6) is -0.821. The van der Waals surface area contributed by atoms with Gasteiger partial charge in [-0.1, -0.05) is 32.9 Å². The molecule has 0 amide bonds. The summed E-state index contributed by atoms with van der Waals surface area (Å²) in [6, 6.07) is -0.600. The third-order valence-corrected chi connectivity index (χ3v) is 3.50. The number of aromatic nitrogens is 2. The Morgan fingerprint density at radius 1 is 1.43 bits per heavy atom. The van der Waals surface area contributed by atoms with Crippen molar-refractivity contribution in [3.8, 4) is 0 Å². The topological polar surface area (TPSA) is 69.2 Å². The minimum absolute atomic E-state index is 0.0216. The lowest BCUT2D eigenvalue weighted by molar-refractivity contribution is -0.140. The van der Waals surface area contributed by atoms with Gasteiger partial charge in [0, 0.05) is 12.2 Å². The maximum absolute atomic E-state index is 11.4. The van der Waals surface area contributed by atoms with E-state index in [9.17, 15) is 9.90 Å². The van der Waals surface area contributed by atoms with Crippen LogP contribution in [0.1, 0.15) is 37.7 Å². The summed E-state index contributed by atoms with van der Waals surface area (Å²) in [5, 5.41) is 16.5. The number of hydrogen-bond acceptors (Lipinski definition) is 3. The highest BCUT2D eigenvalue weighted by atomic mass is 16.4. The van der Waals surface area contributed by atoms with Crippen molar-refractivity contribution >= 4 is 5.97 Å². The van der Waals surface area contributed by atoms with Crippen LogP contribution in [0.2, 0.25) is 0 Å². The molecule has 0 aliphatic carbocycles. The van der Waals surface area contributed by atoms with Gasteiger partial charge in [-0.2, -0.15) is 5.10 Å². The molecule has 118 valence electrons. The molecule has 0 saturated heterocycles. The Morgan fingerprint density at radius 3 is 2.48 bits per heavy atom. The molecule has 5 heteroatoms. The minimum atomic E-state index is -0.821. The molecular weight excluding hydrogens is 266 g/mol. The Labute approximate surface area is 127 Å². The first-order chi connectivity index (χ1) is 9.61. The summed E-state index contributed by atoms with van der Waals surface area (Å²) in [6.45, 7) is 10.8. The van der Waals surface area contributed by atoms with E-state index in [4.69, 9.17) is 0 Å². The van der Waals surface area contributed by atoms with E-state index >= 15 is 0 Å². The van der Waals surface area contributed by atoms with Crippen LogP contribution in [0.25, 0.3) is 0 Å². The molecule has 1 rings (SSSR count). The maximum Gasteiger partial charge on any atom is 0.324 e. The highest BCUT2D eigenvalue weighted by Crippen LogP contribution is 2.16. The number of hydrogen-bond donors (Lipinski definition) is 2. The predicted molar refractivity (Wildman–Crippen MR) is 84.4 cm³/mol. The zero-order valence-electron chi connectivity index (χ0n) is 13.9. The van der Waals surface area contributed by atoms with Crippen LogP contribution in [-0.4, -0.2) is 45.8 Å². The van der Waals surface area contributed by atoms with Gasteiger partial charge < -0.3 is 5.11 Å². The fourth-order valence-electron chi connectivity index (χ4n) is 2.17. The van der Waals surface area contributed by atoms with Crippen molar-refractivity contribution in [3.63, 3.8) is 0 Å². The number of carbonyl (C=O) groups is 1. The van der Waals surface area contributed by atoms with E-state index in [1.54, 1.807) is 6.08 Å². The Balaban J connectivity index is 2.72. The molecule has 0 aromatic carbocycles.